The lowest BCUT2D eigenvalue weighted by molar-refractivity contribution is -0.116. The van der Waals surface area contributed by atoms with E-state index in [-0.39, 0.29) is 5.91 Å². The Morgan fingerprint density at radius 1 is 1.38 bits per heavy atom. The van der Waals surface area contributed by atoms with Crippen LogP contribution in [0.5, 0.6) is 0 Å². The molecular weight excluding hydrogens is 220 g/mol. The van der Waals surface area contributed by atoms with E-state index in [0.717, 1.165) is 11.4 Å². The van der Waals surface area contributed by atoms with Gasteiger partial charge in [0.2, 0.25) is 0 Å². The van der Waals surface area contributed by atoms with Crippen LogP contribution in [0.4, 0.5) is 5.69 Å². The van der Waals surface area contributed by atoms with E-state index in [9.17, 15) is 4.79 Å². The number of fused-ring (bicyclic) bond motifs is 1. The second kappa shape index (κ2) is 3.42. The van der Waals surface area contributed by atoms with Gasteiger partial charge in [0.05, 0.1) is 12.1 Å². The highest BCUT2D eigenvalue weighted by Crippen LogP contribution is 2.28. The molecule has 2 heterocycles. The molecule has 0 saturated heterocycles. The number of rotatable bonds is 1. The highest BCUT2D eigenvalue weighted by Gasteiger charge is 2.22. The average Bonchev–Trinajstić information content (AvgIpc) is 2.83. The summed E-state index contributed by atoms with van der Waals surface area (Å²) in [6, 6.07) is 8.05. The summed E-state index contributed by atoms with van der Waals surface area (Å²) in [7, 11) is 0. The number of hydrazone groups is 1. The average molecular weight is 230 g/mol. The summed E-state index contributed by atoms with van der Waals surface area (Å²) >= 11 is 1.68. The third-order valence-electron chi connectivity index (χ3n) is 2.60. The number of carbonyl (C=O) groups excluding carboxylic acids is 1. The van der Waals surface area contributed by atoms with E-state index < -0.39 is 0 Å². The van der Waals surface area contributed by atoms with Gasteiger partial charge in [-0.05, 0) is 35.9 Å². The zero-order valence-electron chi connectivity index (χ0n) is 8.80. The lowest BCUT2D eigenvalue weighted by atomic mass is 10.2. The lowest BCUT2D eigenvalue weighted by Crippen LogP contribution is -2.19. The van der Waals surface area contributed by atoms with Crippen molar-refractivity contribution in [3.63, 3.8) is 0 Å². The normalized spacial score (nSPS) is 15.9. The predicted molar refractivity (Wildman–Crippen MR) is 67.0 cm³/mol. The molecule has 0 unspecified atom stereocenters. The van der Waals surface area contributed by atoms with Crippen LogP contribution in [0.3, 0.4) is 0 Å². The third-order valence-corrected chi connectivity index (χ3v) is 3.48. The second-order valence-electron chi connectivity index (χ2n) is 3.86. The fourth-order valence-electron chi connectivity index (χ4n) is 1.83. The van der Waals surface area contributed by atoms with E-state index in [1.54, 1.807) is 11.3 Å². The van der Waals surface area contributed by atoms with E-state index in [1.807, 2.05) is 25.1 Å². The minimum absolute atomic E-state index is 0.0495. The van der Waals surface area contributed by atoms with Crippen LogP contribution in [0.25, 0.3) is 10.1 Å². The first-order valence-electron chi connectivity index (χ1n) is 5.08. The summed E-state index contributed by atoms with van der Waals surface area (Å²) in [6.07, 6.45) is 0.433. The first-order chi connectivity index (χ1) is 7.74. The van der Waals surface area contributed by atoms with Gasteiger partial charge in [0.15, 0.2) is 0 Å². The maximum atomic E-state index is 11.7. The number of hydrogen-bond acceptors (Lipinski definition) is 3. The Bertz CT molecular complexity index is 600. The van der Waals surface area contributed by atoms with Crippen molar-refractivity contribution in [3.05, 3.63) is 29.6 Å². The maximum Gasteiger partial charge on any atom is 0.253 e. The molecule has 0 fully saturated rings. The Kier molecular flexibility index (Phi) is 2.04. The SMILES string of the molecule is CC1=NN(c2ccc3ccsc3c2)C(=O)C1. The van der Waals surface area contributed by atoms with Crippen LogP contribution in [-0.4, -0.2) is 11.6 Å². The topological polar surface area (TPSA) is 32.7 Å². The predicted octanol–water partition coefficient (Wildman–Crippen LogP) is 3.01. The minimum Gasteiger partial charge on any atom is -0.272 e. The van der Waals surface area contributed by atoms with Crippen LogP contribution in [0.2, 0.25) is 0 Å². The number of carbonyl (C=O) groups is 1. The van der Waals surface area contributed by atoms with Crippen molar-refractivity contribution in [2.24, 2.45) is 5.10 Å². The fourth-order valence-corrected chi connectivity index (χ4v) is 2.65. The molecule has 1 aromatic heterocycles. The Morgan fingerprint density at radius 3 is 3.00 bits per heavy atom. The molecule has 0 atom stereocenters. The maximum absolute atomic E-state index is 11.7. The van der Waals surface area contributed by atoms with Gasteiger partial charge in [-0.2, -0.15) is 5.10 Å². The van der Waals surface area contributed by atoms with Gasteiger partial charge in [-0.15, -0.1) is 11.3 Å². The van der Waals surface area contributed by atoms with Crippen LogP contribution in [0, 0.1) is 0 Å². The molecule has 0 N–H and O–H groups in total. The number of amides is 1. The van der Waals surface area contributed by atoms with Gasteiger partial charge in [0.1, 0.15) is 0 Å². The zero-order chi connectivity index (χ0) is 11.1. The van der Waals surface area contributed by atoms with E-state index >= 15 is 0 Å². The van der Waals surface area contributed by atoms with Gasteiger partial charge in [0, 0.05) is 10.4 Å². The summed E-state index contributed by atoms with van der Waals surface area (Å²) in [5.74, 6) is 0.0495. The molecule has 4 heteroatoms. The van der Waals surface area contributed by atoms with Crippen molar-refractivity contribution in [1.82, 2.24) is 0 Å². The summed E-state index contributed by atoms with van der Waals surface area (Å²) in [5.41, 5.74) is 1.73. The molecule has 1 amide bonds. The highest BCUT2D eigenvalue weighted by atomic mass is 32.1. The van der Waals surface area contributed by atoms with Crippen LogP contribution in [0.1, 0.15) is 13.3 Å². The quantitative estimate of drug-likeness (QED) is 0.741. The molecule has 3 rings (SSSR count). The minimum atomic E-state index is 0.0495. The van der Waals surface area contributed by atoms with Crippen LogP contribution < -0.4 is 5.01 Å². The van der Waals surface area contributed by atoms with Crippen molar-refractivity contribution in [2.45, 2.75) is 13.3 Å². The van der Waals surface area contributed by atoms with Gasteiger partial charge >= 0.3 is 0 Å². The van der Waals surface area contributed by atoms with Gasteiger partial charge in [0.25, 0.3) is 5.91 Å². The number of anilines is 1. The third kappa shape index (κ3) is 1.42. The first kappa shape index (κ1) is 9.54. The van der Waals surface area contributed by atoms with E-state index in [2.05, 4.69) is 16.5 Å². The summed E-state index contributed by atoms with van der Waals surface area (Å²) in [4.78, 5) is 11.7. The van der Waals surface area contributed by atoms with Gasteiger partial charge < -0.3 is 0 Å². The molecule has 3 nitrogen and oxygen atoms in total. The smallest absolute Gasteiger partial charge is 0.253 e. The number of thiophene rings is 1. The Hall–Kier alpha value is -1.68. The molecule has 0 saturated carbocycles. The fraction of sp³-hybridized carbons (Fsp3) is 0.167. The van der Waals surface area contributed by atoms with Crippen molar-refractivity contribution in [3.8, 4) is 0 Å². The molecule has 0 radical (unpaired) electrons. The molecule has 0 bridgehead atoms. The first-order valence-corrected chi connectivity index (χ1v) is 5.96. The summed E-state index contributed by atoms with van der Waals surface area (Å²) in [6.45, 7) is 1.88. The number of hydrogen-bond donors (Lipinski definition) is 0. The number of benzene rings is 1. The van der Waals surface area contributed by atoms with Crippen molar-refractivity contribution in [2.75, 3.05) is 5.01 Å². The Labute approximate surface area is 97.0 Å². The Balaban J connectivity index is 2.08. The van der Waals surface area contributed by atoms with Crippen molar-refractivity contribution < 1.29 is 4.79 Å². The molecule has 16 heavy (non-hydrogen) atoms. The van der Waals surface area contributed by atoms with Crippen LogP contribution >= 0.6 is 11.3 Å². The molecular formula is C12H10N2OS. The molecule has 2 aromatic rings. The van der Waals surface area contributed by atoms with Crippen molar-refractivity contribution >= 4 is 38.7 Å². The van der Waals surface area contributed by atoms with E-state index in [4.69, 9.17) is 0 Å². The molecule has 0 aliphatic carbocycles. The summed E-state index contributed by atoms with van der Waals surface area (Å²) in [5, 5.41) is 8.99. The van der Waals surface area contributed by atoms with E-state index in [0.29, 0.717) is 6.42 Å². The summed E-state index contributed by atoms with van der Waals surface area (Å²) < 4.78 is 1.19. The molecule has 1 aromatic carbocycles. The highest BCUT2D eigenvalue weighted by molar-refractivity contribution is 7.17. The van der Waals surface area contributed by atoms with E-state index in [1.165, 1.54) is 15.1 Å². The monoisotopic (exact) mass is 230 g/mol. The molecule has 80 valence electrons. The molecule has 1 aliphatic heterocycles. The zero-order valence-corrected chi connectivity index (χ0v) is 9.62. The van der Waals surface area contributed by atoms with Crippen LogP contribution in [0.15, 0.2) is 34.7 Å². The number of nitrogens with zero attached hydrogens (tertiary/aromatic N) is 2. The standard InChI is InChI=1S/C12H10N2OS/c1-8-6-12(15)14(13-8)10-3-2-9-4-5-16-11(9)7-10/h2-5,7H,6H2,1H3. The molecule has 0 spiro atoms. The van der Waals surface area contributed by atoms with Gasteiger partial charge in [-0.25, -0.2) is 5.01 Å². The Morgan fingerprint density at radius 2 is 2.25 bits per heavy atom. The van der Waals surface area contributed by atoms with Crippen molar-refractivity contribution in [1.29, 1.82) is 0 Å². The largest absolute Gasteiger partial charge is 0.272 e. The lowest BCUT2D eigenvalue weighted by Gasteiger charge is -2.11. The second-order valence-corrected chi connectivity index (χ2v) is 4.81. The molecule has 1 aliphatic rings. The van der Waals surface area contributed by atoms with Crippen LogP contribution in [-0.2, 0) is 4.79 Å². The van der Waals surface area contributed by atoms with Gasteiger partial charge in [-0.3, -0.25) is 4.79 Å². The van der Waals surface area contributed by atoms with Gasteiger partial charge in [-0.1, -0.05) is 6.07 Å².